The van der Waals surface area contributed by atoms with Crippen LogP contribution in [0, 0.1) is 6.92 Å². The molecule has 0 aliphatic carbocycles. The van der Waals surface area contributed by atoms with Crippen LogP contribution in [0.3, 0.4) is 0 Å². The molecule has 0 saturated heterocycles. The number of phenols is 1. The topological polar surface area (TPSA) is 86.9 Å². The van der Waals surface area contributed by atoms with Gasteiger partial charge in [0.1, 0.15) is 5.75 Å². The Labute approximate surface area is 187 Å². The molecule has 2 heterocycles. The van der Waals surface area contributed by atoms with Crippen molar-refractivity contribution in [2.24, 2.45) is 0 Å². The highest BCUT2D eigenvalue weighted by Crippen LogP contribution is 2.34. The van der Waals surface area contributed by atoms with Crippen LogP contribution in [-0.4, -0.2) is 38.3 Å². The highest BCUT2D eigenvalue weighted by molar-refractivity contribution is 5.90. The Morgan fingerprint density at radius 3 is 2.55 bits per heavy atom. The largest absolute Gasteiger partial charge is 0.507 e. The zero-order chi connectivity index (χ0) is 23.8. The number of rotatable bonds is 6. The molecule has 33 heavy (non-hydrogen) atoms. The average molecular weight is 455 g/mol. The number of aromatic hydroxyl groups is 1. The standard InChI is InChI=1S/C24H20F3N3O3/c1-14-10-15(6-7-17(14)23(32)33)20-12-29-22-19(28-9-8-24(25,26)27)11-16(13-30(20)22)18-4-2-3-5-21(18)31/h2-7,10-13,28,31H,8-9H2,1H3,(H,32,33). The summed E-state index contributed by atoms with van der Waals surface area (Å²) in [5, 5.41) is 22.4. The molecular weight excluding hydrogens is 435 g/mol. The Kier molecular flexibility index (Phi) is 5.71. The minimum Gasteiger partial charge on any atom is -0.507 e. The summed E-state index contributed by atoms with van der Waals surface area (Å²) in [5.74, 6) is -1.00. The summed E-state index contributed by atoms with van der Waals surface area (Å²) in [6.07, 6.45) is -2.00. The molecule has 2 aromatic heterocycles. The van der Waals surface area contributed by atoms with Crippen LogP contribution in [0.5, 0.6) is 5.75 Å². The monoisotopic (exact) mass is 455 g/mol. The van der Waals surface area contributed by atoms with Crippen molar-refractivity contribution in [3.05, 3.63) is 72.1 Å². The predicted molar refractivity (Wildman–Crippen MR) is 119 cm³/mol. The van der Waals surface area contributed by atoms with Crippen molar-refractivity contribution in [1.29, 1.82) is 0 Å². The number of imidazole rings is 1. The van der Waals surface area contributed by atoms with Crippen LogP contribution in [-0.2, 0) is 0 Å². The lowest BCUT2D eigenvalue weighted by Gasteiger charge is -2.14. The van der Waals surface area contributed by atoms with Crippen LogP contribution in [0.1, 0.15) is 22.3 Å². The predicted octanol–water partition coefficient (Wildman–Crippen LogP) is 5.74. The fourth-order valence-electron chi connectivity index (χ4n) is 3.70. The van der Waals surface area contributed by atoms with Crippen molar-refractivity contribution in [3.8, 4) is 28.1 Å². The van der Waals surface area contributed by atoms with E-state index in [2.05, 4.69) is 10.3 Å². The van der Waals surface area contributed by atoms with Crippen molar-refractivity contribution in [1.82, 2.24) is 9.38 Å². The van der Waals surface area contributed by atoms with Crippen LogP contribution < -0.4 is 5.32 Å². The quantitative estimate of drug-likeness (QED) is 0.345. The average Bonchev–Trinajstić information content (AvgIpc) is 3.17. The Morgan fingerprint density at radius 1 is 1.12 bits per heavy atom. The number of pyridine rings is 1. The number of nitrogens with zero attached hydrogens (tertiary/aromatic N) is 2. The molecule has 0 radical (unpaired) electrons. The molecule has 170 valence electrons. The SMILES string of the molecule is Cc1cc(-c2cnc3c(NCCC(F)(F)F)cc(-c4ccccc4O)cn23)ccc1C(=O)O. The summed E-state index contributed by atoms with van der Waals surface area (Å²) in [4.78, 5) is 15.7. The molecule has 9 heteroatoms. The van der Waals surface area contributed by atoms with Gasteiger partial charge in [0.25, 0.3) is 0 Å². The number of carboxylic acids is 1. The van der Waals surface area contributed by atoms with E-state index in [-0.39, 0.29) is 17.9 Å². The number of aromatic nitrogens is 2. The van der Waals surface area contributed by atoms with Gasteiger partial charge in [0.2, 0.25) is 0 Å². The number of carbonyl (C=O) groups is 1. The molecule has 0 unspecified atom stereocenters. The highest BCUT2D eigenvalue weighted by Gasteiger charge is 2.26. The fraction of sp³-hybridized carbons (Fsp3) is 0.167. The van der Waals surface area contributed by atoms with Gasteiger partial charge in [-0.15, -0.1) is 0 Å². The molecule has 0 aliphatic rings. The summed E-state index contributed by atoms with van der Waals surface area (Å²) in [6, 6.07) is 13.2. The number of aryl methyl sites for hydroxylation is 1. The van der Waals surface area contributed by atoms with Gasteiger partial charge in [-0.05, 0) is 36.8 Å². The third-order valence-corrected chi connectivity index (χ3v) is 5.30. The number of carboxylic acid groups (broad SMARTS) is 1. The second-order valence-corrected chi connectivity index (χ2v) is 7.62. The first-order valence-electron chi connectivity index (χ1n) is 10.1. The lowest BCUT2D eigenvalue weighted by Crippen LogP contribution is -2.15. The number of anilines is 1. The van der Waals surface area contributed by atoms with Gasteiger partial charge in [0.05, 0.1) is 29.6 Å². The van der Waals surface area contributed by atoms with Crippen molar-refractivity contribution < 1.29 is 28.2 Å². The van der Waals surface area contributed by atoms with Crippen LogP contribution in [0.15, 0.2) is 60.9 Å². The number of fused-ring (bicyclic) bond motifs is 1. The number of phenolic OH excluding ortho intramolecular Hbond substituents is 1. The lowest BCUT2D eigenvalue weighted by atomic mass is 10.0. The number of benzene rings is 2. The van der Waals surface area contributed by atoms with Crippen molar-refractivity contribution in [2.75, 3.05) is 11.9 Å². The van der Waals surface area contributed by atoms with Gasteiger partial charge in [-0.1, -0.05) is 24.3 Å². The Bertz CT molecular complexity index is 1350. The maximum absolute atomic E-state index is 12.7. The zero-order valence-electron chi connectivity index (χ0n) is 17.5. The molecule has 2 aromatic carbocycles. The summed E-state index contributed by atoms with van der Waals surface area (Å²) >= 11 is 0. The Morgan fingerprint density at radius 2 is 1.88 bits per heavy atom. The second-order valence-electron chi connectivity index (χ2n) is 7.62. The number of hydrogen-bond donors (Lipinski definition) is 3. The molecule has 0 aliphatic heterocycles. The first-order valence-corrected chi connectivity index (χ1v) is 10.1. The molecule has 0 saturated carbocycles. The van der Waals surface area contributed by atoms with Gasteiger partial charge in [0, 0.05) is 29.4 Å². The first kappa shape index (κ1) is 22.2. The highest BCUT2D eigenvalue weighted by atomic mass is 19.4. The van der Waals surface area contributed by atoms with E-state index in [1.807, 2.05) is 0 Å². The van der Waals surface area contributed by atoms with Crippen LogP contribution >= 0.6 is 0 Å². The molecule has 0 amide bonds. The van der Waals surface area contributed by atoms with Crippen LogP contribution in [0.25, 0.3) is 28.0 Å². The number of halogens is 3. The number of hydrogen-bond acceptors (Lipinski definition) is 4. The molecular formula is C24H20F3N3O3. The zero-order valence-corrected chi connectivity index (χ0v) is 17.5. The second kappa shape index (κ2) is 8.50. The summed E-state index contributed by atoms with van der Waals surface area (Å²) in [6.45, 7) is 1.35. The van der Waals surface area contributed by atoms with Gasteiger partial charge < -0.3 is 15.5 Å². The molecule has 3 N–H and O–H groups in total. The van der Waals surface area contributed by atoms with Crippen molar-refractivity contribution in [2.45, 2.75) is 19.5 Å². The number of para-hydroxylation sites is 1. The van der Waals surface area contributed by atoms with E-state index in [0.29, 0.717) is 39.3 Å². The summed E-state index contributed by atoms with van der Waals surface area (Å²) in [5.41, 5.74) is 3.94. The van der Waals surface area contributed by atoms with Gasteiger partial charge in [0.15, 0.2) is 5.65 Å². The van der Waals surface area contributed by atoms with E-state index < -0.39 is 18.6 Å². The molecule has 4 aromatic rings. The van der Waals surface area contributed by atoms with E-state index in [1.165, 1.54) is 12.1 Å². The summed E-state index contributed by atoms with van der Waals surface area (Å²) in [7, 11) is 0. The minimum absolute atomic E-state index is 0.0291. The smallest absolute Gasteiger partial charge is 0.390 e. The number of alkyl halides is 3. The van der Waals surface area contributed by atoms with Gasteiger partial charge in [-0.25, -0.2) is 9.78 Å². The van der Waals surface area contributed by atoms with Gasteiger partial charge in [-0.2, -0.15) is 13.2 Å². The third kappa shape index (κ3) is 4.62. The van der Waals surface area contributed by atoms with E-state index in [1.54, 1.807) is 60.1 Å². The van der Waals surface area contributed by atoms with E-state index >= 15 is 0 Å². The lowest BCUT2D eigenvalue weighted by molar-refractivity contribution is -0.131. The third-order valence-electron chi connectivity index (χ3n) is 5.30. The molecule has 0 atom stereocenters. The van der Waals surface area contributed by atoms with Gasteiger partial charge >= 0.3 is 12.1 Å². The first-order chi connectivity index (χ1) is 15.6. The normalized spacial score (nSPS) is 11.6. The maximum atomic E-state index is 12.7. The number of nitrogens with one attached hydrogen (secondary N) is 1. The Hall–Kier alpha value is -4.01. The molecule has 6 nitrogen and oxygen atoms in total. The minimum atomic E-state index is -4.30. The molecule has 4 rings (SSSR count). The molecule has 0 spiro atoms. The fourth-order valence-corrected chi connectivity index (χ4v) is 3.70. The van der Waals surface area contributed by atoms with Crippen molar-refractivity contribution >= 4 is 17.3 Å². The number of aromatic carboxylic acids is 1. The Balaban J connectivity index is 1.85. The molecule has 0 fully saturated rings. The van der Waals surface area contributed by atoms with E-state index in [9.17, 15) is 28.2 Å². The molecule has 0 bridgehead atoms. The van der Waals surface area contributed by atoms with E-state index in [4.69, 9.17) is 0 Å². The van der Waals surface area contributed by atoms with Crippen LogP contribution in [0.4, 0.5) is 18.9 Å². The van der Waals surface area contributed by atoms with Crippen molar-refractivity contribution in [3.63, 3.8) is 0 Å². The van der Waals surface area contributed by atoms with E-state index in [0.717, 1.165) is 0 Å². The summed E-state index contributed by atoms with van der Waals surface area (Å²) < 4.78 is 39.8. The van der Waals surface area contributed by atoms with Crippen LogP contribution in [0.2, 0.25) is 0 Å². The van der Waals surface area contributed by atoms with Gasteiger partial charge in [-0.3, -0.25) is 4.40 Å². The maximum Gasteiger partial charge on any atom is 0.390 e.